The largest absolute Gasteiger partial charge is 0.372 e. The highest BCUT2D eigenvalue weighted by molar-refractivity contribution is 5.83. The number of imidazole rings is 1. The van der Waals surface area contributed by atoms with E-state index in [-0.39, 0.29) is 29.3 Å². The number of likely N-dealkylation sites (N-methyl/N-ethyl adjacent to an activating group) is 1. The maximum absolute atomic E-state index is 14.9. The summed E-state index contributed by atoms with van der Waals surface area (Å²) < 4.78 is 37.5. The quantitative estimate of drug-likeness (QED) is 0.387. The average molecular weight is 494 g/mol. The molecule has 188 valence electrons. The Morgan fingerprint density at radius 1 is 1.11 bits per heavy atom. The van der Waals surface area contributed by atoms with Crippen molar-refractivity contribution in [3.63, 3.8) is 0 Å². The molecule has 8 nitrogen and oxygen atoms in total. The molecule has 5 rings (SSSR count). The van der Waals surface area contributed by atoms with Gasteiger partial charge in [-0.3, -0.25) is 0 Å². The van der Waals surface area contributed by atoms with Crippen molar-refractivity contribution in [1.82, 2.24) is 29.4 Å². The molecule has 36 heavy (non-hydrogen) atoms. The van der Waals surface area contributed by atoms with E-state index in [9.17, 15) is 8.78 Å². The second-order valence-corrected chi connectivity index (χ2v) is 9.50. The lowest BCUT2D eigenvalue weighted by Gasteiger charge is -2.13. The minimum atomic E-state index is -0.648. The molecule has 1 aliphatic heterocycles. The highest BCUT2D eigenvalue weighted by Gasteiger charge is 2.20. The molecule has 1 N–H and O–H groups in total. The number of ether oxygens (including phenoxy) is 1. The first kappa shape index (κ1) is 24.2. The topological polar surface area (TPSA) is 81.0 Å². The third-order valence-corrected chi connectivity index (χ3v) is 6.36. The fraction of sp³-hybridized carbons (Fsp3) is 0.385. The lowest BCUT2D eigenvalue weighted by molar-refractivity contribution is 0.0482. The fourth-order valence-electron chi connectivity index (χ4n) is 4.63. The van der Waals surface area contributed by atoms with E-state index in [4.69, 9.17) is 4.74 Å². The van der Waals surface area contributed by atoms with Crippen LogP contribution < -0.4 is 5.32 Å². The van der Waals surface area contributed by atoms with Crippen LogP contribution in [-0.4, -0.2) is 55.6 Å². The van der Waals surface area contributed by atoms with Crippen molar-refractivity contribution in [2.75, 3.05) is 25.5 Å². The monoisotopic (exact) mass is 493 g/mol. The lowest BCUT2D eigenvalue weighted by atomic mass is 10.1. The predicted octanol–water partition coefficient (Wildman–Crippen LogP) is 5.02. The number of anilines is 2. The molecule has 0 bridgehead atoms. The highest BCUT2D eigenvalue weighted by Crippen LogP contribution is 2.30. The predicted molar refractivity (Wildman–Crippen MR) is 134 cm³/mol. The van der Waals surface area contributed by atoms with Crippen LogP contribution in [0.15, 0.2) is 36.7 Å². The summed E-state index contributed by atoms with van der Waals surface area (Å²) in [5.41, 5.74) is 2.10. The number of rotatable bonds is 7. The molecule has 1 fully saturated rings. The summed E-state index contributed by atoms with van der Waals surface area (Å²) >= 11 is 0. The third kappa shape index (κ3) is 4.91. The smallest absolute Gasteiger partial charge is 0.229 e. The Bertz CT molecular complexity index is 1390. The molecule has 4 heterocycles. The Balaban J connectivity index is 1.36. The van der Waals surface area contributed by atoms with Gasteiger partial charge in [-0.05, 0) is 58.0 Å². The van der Waals surface area contributed by atoms with Crippen LogP contribution in [0.4, 0.5) is 20.5 Å². The zero-order valence-electron chi connectivity index (χ0n) is 20.8. The Morgan fingerprint density at radius 2 is 1.94 bits per heavy atom. The molecule has 4 aromatic rings. The zero-order chi connectivity index (χ0) is 25.4. The van der Waals surface area contributed by atoms with Gasteiger partial charge in [0.1, 0.15) is 22.9 Å². The van der Waals surface area contributed by atoms with Crippen LogP contribution in [0.25, 0.3) is 22.3 Å². The number of pyridine rings is 1. The van der Waals surface area contributed by atoms with Gasteiger partial charge in [0.25, 0.3) is 0 Å². The van der Waals surface area contributed by atoms with Crippen LogP contribution in [0.1, 0.15) is 37.7 Å². The molecule has 0 spiro atoms. The van der Waals surface area contributed by atoms with E-state index in [2.05, 4.69) is 37.2 Å². The van der Waals surface area contributed by atoms with Gasteiger partial charge in [-0.15, -0.1) is 0 Å². The van der Waals surface area contributed by atoms with Crippen molar-refractivity contribution in [3.05, 3.63) is 59.7 Å². The van der Waals surface area contributed by atoms with Gasteiger partial charge in [-0.25, -0.2) is 28.7 Å². The van der Waals surface area contributed by atoms with Gasteiger partial charge in [0.05, 0.1) is 24.4 Å². The summed E-state index contributed by atoms with van der Waals surface area (Å²) in [4.78, 5) is 19.3. The maximum Gasteiger partial charge on any atom is 0.229 e. The number of aryl methyl sites for hydroxylation is 1. The molecule has 1 saturated heterocycles. The number of hydrogen-bond donors (Lipinski definition) is 1. The van der Waals surface area contributed by atoms with Crippen LogP contribution >= 0.6 is 0 Å². The molecule has 10 heteroatoms. The second kappa shape index (κ2) is 9.87. The Kier molecular flexibility index (Phi) is 6.63. The van der Waals surface area contributed by atoms with Gasteiger partial charge in [-0.2, -0.15) is 0 Å². The van der Waals surface area contributed by atoms with E-state index in [0.717, 1.165) is 31.3 Å². The molecular formula is C26H29F2N7O. The number of hydrogen-bond acceptors (Lipinski definition) is 7. The Morgan fingerprint density at radius 3 is 2.64 bits per heavy atom. The first-order chi connectivity index (χ1) is 17.3. The Hall–Kier alpha value is -3.50. The summed E-state index contributed by atoms with van der Waals surface area (Å²) in [6, 6.07) is 6.74. The van der Waals surface area contributed by atoms with E-state index in [1.807, 2.05) is 31.4 Å². The minimum absolute atomic E-state index is 0.00555. The van der Waals surface area contributed by atoms with Gasteiger partial charge in [0.15, 0.2) is 11.6 Å². The van der Waals surface area contributed by atoms with Crippen molar-refractivity contribution in [2.24, 2.45) is 0 Å². The maximum atomic E-state index is 14.9. The Labute approximate surface area is 208 Å². The minimum Gasteiger partial charge on any atom is -0.372 e. The molecule has 3 aromatic heterocycles. The second-order valence-electron chi connectivity index (χ2n) is 9.50. The normalized spacial score (nSPS) is 16.4. The number of benzene rings is 1. The standard InChI is InChI=1S/C26H29F2N7O/c1-15(2)35-16(3)31-25-20(27)9-18(10-22(25)35)24-21(28)12-30-26(33-24)32-23-6-5-17(11-29-23)14-36-19-7-8-34(4)13-19/h5-6,9-12,15,19H,7-8,13-14H2,1-4H3,(H,29,30,32,33). The summed E-state index contributed by atoms with van der Waals surface area (Å²) in [6.45, 7) is 8.28. The molecule has 0 saturated carbocycles. The number of aromatic nitrogens is 5. The molecular weight excluding hydrogens is 464 g/mol. The van der Waals surface area contributed by atoms with Crippen LogP contribution in [0.2, 0.25) is 0 Å². The van der Waals surface area contributed by atoms with Gasteiger partial charge < -0.3 is 19.5 Å². The number of halogens is 2. The molecule has 0 aliphatic carbocycles. The number of likely N-dealkylation sites (tertiary alicyclic amines) is 1. The number of fused-ring (bicyclic) bond motifs is 1. The third-order valence-electron chi connectivity index (χ3n) is 6.36. The van der Waals surface area contributed by atoms with E-state index < -0.39 is 11.6 Å². The zero-order valence-corrected chi connectivity index (χ0v) is 20.8. The first-order valence-electron chi connectivity index (χ1n) is 12.0. The van der Waals surface area contributed by atoms with Crippen molar-refractivity contribution >= 4 is 22.8 Å². The molecule has 0 amide bonds. The molecule has 1 aromatic carbocycles. The van der Waals surface area contributed by atoms with Crippen LogP contribution in [0, 0.1) is 18.6 Å². The van der Waals surface area contributed by atoms with Crippen molar-refractivity contribution in [1.29, 1.82) is 0 Å². The van der Waals surface area contributed by atoms with Gasteiger partial charge in [0, 0.05) is 30.9 Å². The fourth-order valence-corrected chi connectivity index (χ4v) is 4.63. The van der Waals surface area contributed by atoms with E-state index in [1.165, 1.54) is 6.07 Å². The van der Waals surface area contributed by atoms with Gasteiger partial charge >= 0.3 is 0 Å². The molecule has 0 radical (unpaired) electrons. The molecule has 1 aliphatic rings. The van der Waals surface area contributed by atoms with E-state index in [0.29, 0.717) is 29.3 Å². The summed E-state index contributed by atoms with van der Waals surface area (Å²) in [7, 11) is 2.09. The van der Waals surface area contributed by atoms with Crippen molar-refractivity contribution in [3.8, 4) is 11.3 Å². The van der Waals surface area contributed by atoms with Crippen LogP contribution in [0.3, 0.4) is 0 Å². The van der Waals surface area contributed by atoms with Crippen molar-refractivity contribution in [2.45, 2.75) is 45.9 Å². The molecule has 1 unspecified atom stereocenters. The molecule has 1 atom stereocenters. The highest BCUT2D eigenvalue weighted by atomic mass is 19.1. The summed E-state index contributed by atoms with van der Waals surface area (Å²) in [6.07, 6.45) is 4.07. The van der Waals surface area contributed by atoms with E-state index in [1.54, 1.807) is 18.3 Å². The summed E-state index contributed by atoms with van der Waals surface area (Å²) in [5.74, 6) is 0.181. The first-order valence-corrected chi connectivity index (χ1v) is 12.0. The van der Waals surface area contributed by atoms with Gasteiger partial charge in [-0.1, -0.05) is 6.07 Å². The van der Waals surface area contributed by atoms with Gasteiger partial charge in [0.2, 0.25) is 5.95 Å². The number of nitrogens with zero attached hydrogens (tertiary/aromatic N) is 6. The van der Waals surface area contributed by atoms with Crippen LogP contribution in [0.5, 0.6) is 0 Å². The SMILES string of the molecule is Cc1nc2c(F)cc(-c3nc(Nc4ccc(COC5CCN(C)C5)cn4)ncc3F)cc2n1C(C)C. The van der Waals surface area contributed by atoms with Crippen molar-refractivity contribution < 1.29 is 13.5 Å². The average Bonchev–Trinajstić information content (AvgIpc) is 3.42. The van der Waals surface area contributed by atoms with Crippen LogP contribution in [-0.2, 0) is 11.3 Å². The van der Waals surface area contributed by atoms with E-state index >= 15 is 0 Å². The number of nitrogens with one attached hydrogen (secondary N) is 1. The lowest BCUT2D eigenvalue weighted by Crippen LogP contribution is -2.19. The summed E-state index contributed by atoms with van der Waals surface area (Å²) in [5, 5.41) is 3.00.